The zero-order chi connectivity index (χ0) is 12.5. The van der Waals surface area contributed by atoms with E-state index >= 15 is 0 Å². The number of halogens is 1. The van der Waals surface area contributed by atoms with Gasteiger partial charge in [0.05, 0.1) is 7.11 Å². The van der Waals surface area contributed by atoms with Gasteiger partial charge in [0, 0.05) is 18.0 Å². The highest BCUT2D eigenvalue weighted by Crippen LogP contribution is 2.49. The highest BCUT2D eigenvalue weighted by molar-refractivity contribution is 6.34. The van der Waals surface area contributed by atoms with E-state index < -0.39 is 0 Å². The average Bonchev–Trinajstić information content (AvgIpc) is 2.88. The third kappa shape index (κ3) is 1.89. The average molecular weight is 270 g/mol. The molecule has 0 radical (unpaired) electrons. The summed E-state index contributed by atoms with van der Waals surface area (Å²) in [5.41, 5.74) is 1.11. The lowest BCUT2D eigenvalue weighted by Gasteiger charge is -2.25. The van der Waals surface area contributed by atoms with Gasteiger partial charge in [-0.05, 0) is 25.5 Å². The van der Waals surface area contributed by atoms with Crippen molar-refractivity contribution in [2.75, 3.05) is 27.0 Å². The first-order valence-electron chi connectivity index (χ1n) is 6.18. The summed E-state index contributed by atoms with van der Waals surface area (Å²) in [4.78, 5) is 0. The highest BCUT2D eigenvalue weighted by atomic mass is 35.5. The van der Waals surface area contributed by atoms with Crippen molar-refractivity contribution in [2.24, 2.45) is 0 Å². The molecule has 0 amide bonds. The predicted molar refractivity (Wildman–Crippen MR) is 69.0 cm³/mol. The molecule has 1 aromatic carbocycles. The van der Waals surface area contributed by atoms with Crippen LogP contribution in [0.25, 0.3) is 0 Å². The molecule has 5 heteroatoms. The number of fused-ring (bicyclic) bond motifs is 1. The molecule has 2 heterocycles. The van der Waals surface area contributed by atoms with Gasteiger partial charge in [0.15, 0.2) is 11.5 Å². The Morgan fingerprint density at radius 1 is 1.44 bits per heavy atom. The minimum absolute atomic E-state index is 0.227. The van der Waals surface area contributed by atoms with Crippen LogP contribution < -0.4 is 19.5 Å². The second-order valence-electron chi connectivity index (χ2n) is 4.59. The quantitative estimate of drug-likeness (QED) is 0.896. The lowest BCUT2D eigenvalue weighted by molar-refractivity contribution is 0.174. The van der Waals surface area contributed by atoms with Crippen LogP contribution in [0.5, 0.6) is 17.2 Å². The van der Waals surface area contributed by atoms with Crippen molar-refractivity contribution in [3.8, 4) is 17.2 Å². The maximum Gasteiger partial charge on any atom is 0.231 e. The topological polar surface area (TPSA) is 39.7 Å². The molecular formula is C13H16ClNO3. The van der Waals surface area contributed by atoms with E-state index in [1.54, 1.807) is 7.11 Å². The summed E-state index contributed by atoms with van der Waals surface area (Å²) in [6.45, 7) is 2.26. The van der Waals surface area contributed by atoms with E-state index in [1.165, 1.54) is 6.42 Å². The molecular weight excluding hydrogens is 254 g/mol. The number of methoxy groups -OCH3 is 1. The zero-order valence-corrected chi connectivity index (χ0v) is 11.0. The Morgan fingerprint density at radius 3 is 3.06 bits per heavy atom. The molecule has 98 valence electrons. The summed E-state index contributed by atoms with van der Waals surface area (Å²) in [5.74, 6) is 2.46. The van der Waals surface area contributed by atoms with Gasteiger partial charge in [0.1, 0.15) is 10.8 Å². The number of hydrogen-bond acceptors (Lipinski definition) is 4. The number of hydrogen-bond donors (Lipinski definition) is 1. The molecule has 2 aliphatic heterocycles. The van der Waals surface area contributed by atoms with Crippen molar-refractivity contribution in [3.63, 3.8) is 0 Å². The fourth-order valence-corrected chi connectivity index (χ4v) is 2.97. The summed E-state index contributed by atoms with van der Waals surface area (Å²) in [7, 11) is 1.64. The molecule has 1 saturated heterocycles. The summed E-state index contributed by atoms with van der Waals surface area (Å²) < 4.78 is 16.3. The van der Waals surface area contributed by atoms with Gasteiger partial charge in [-0.1, -0.05) is 11.6 Å². The molecule has 1 atom stereocenters. The molecule has 2 aliphatic rings. The molecule has 1 unspecified atom stereocenters. The molecule has 3 rings (SSSR count). The van der Waals surface area contributed by atoms with Crippen LogP contribution >= 0.6 is 11.6 Å². The molecule has 0 bridgehead atoms. The van der Waals surface area contributed by atoms with E-state index in [1.807, 2.05) is 6.07 Å². The first-order chi connectivity index (χ1) is 8.81. The summed E-state index contributed by atoms with van der Waals surface area (Å²) in [6, 6.07) is 2.00. The maximum absolute atomic E-state index is 6.33. The van der Waals surface area contributed by atoms with Gasteiger partial charge in [-0.2, -0.15) is 0 Å². The molecule has 0 aliphatic carbocycles. The molecule has 0 saturated carbocycles. The van der Waals surface area contributed by atoms with Gasteiger partial charge in [-0.3, -0.25) is 0 Å². The van der Waals surface area contributed by atoms with E-state index in [9.17, 15) is 0 Å². The Hall–Kier alpha value is -1.13. The lowest BCUT2D eigenvalue weighted by Crippen LogP contribution is -2.28. The third-order valence-electron chi connectivity index (χ3n) is 3.53. The molecule has 0 aromatic heterocycles. The third-order valence-corrected chi connectivity index (χ3v) is 3.87. The fourth-order valence-electron chi connectivity index (χ4n) is 2.63. The number of piperidine rings is 1. The van der Waals surface area contributed by atoms with Gasteiger partial charge in [-0.25, -0.2) is 0 Å². The predicted octanol–water partition coefficient (Wildman–Crippen LogP) is 2.54. The van der Waals surface area contributed by atoms with E-state index in [2.05, 4.69) is 5.32 Å². The van der Waals surface area contributed by atoms with Crippen LogP contribution in [0.3, 0.4) is 0 Å². The number of ether oxygens (including phenoxy) is 3. The molecule has 4 nitrogen and oxygen atoms in total. The van der Waals surface area contributed by atoms with E-state index in [-0.39, 0.29) is 6.79 Å². The minimum Gasteiger partial charge on any atom is -0.495 e. The Morgan fingerprint density at radius 2 is 2.33 bits per heavy atom. The van der Waals surface area contributed by atoms with Crippen LogP contribution in [-0.2, 0) is 0 Å². The fraction of sp³-hybridized carbons (Fsp3) is 0.538. The van der Waals surface area contributed by atoms with Gasteiger partial charge in [0.2, 0.25) is 6.79 Å². The first kappa shape index (κ1) is 11.9. The summed E-state index contributed by atoms with van der Waals surface area (Å²) in [6.07, 6.45) is 2.30. The van der Waals surface area contributed by atoms with Gasteiger partial charge in [-0.15, -0.1) is 0 Å². The van der Waals surface area contributed by atoms with Crippen LogP contribution in [0.2, 0.25) is 5.02 Å². The lowest BCUT2D eigenvalue weighted by atomic mass is 9.90. The highest BCUT2D eigenvalue weighted by Gasteiger charge is 2.28. The van der Waals surface area contributed by atoms with E-state index in [4.69, 9.17) is 25.8 Å². The smallest absolute Gasteiger partial charge is 0.231 e. The van der Waals surface area contributed by atoms with E-state index in [0.29, 0.717) is 16.7 Å². The number of benzene rings is 1. The van der Waals surface area contributed by atoms with Crippen molar-refractivity contribution in [1.82, 2.24) is 5.32 Å². The Balaban J connectivity index is 2.04. The van der Waals surface area contributed by atoms with Crippen LogP contribution in [0.4, 0.5) is 0 Å². The van der Waals surface area contributed by atoms with E-state index in [0.717, 1.165) is 36.6 Å². The summed E-state index contributed by atoms with van der Waals surface area (Å²) >= 11 is 6.33. The molecule has 0 spiro atoms. The van der Waals surface area contributed by atoms with Crippen LogP contribution in [0, 0.1) is 0 Å². The molecule has 18 heavy (non-hydrogen) atoms. The second kappa shape index (κ2) is 4.86. The molecule has 1 aromatic rings. The SMILES string of the molecule is COc1c(C2CCCNC2)cc2c(c1Cl)OCO2. The van der Waals surface area contributed by atoms with Gasteiger partial charge < -0.3 is 19.5 Å². The largest absolute Gasteiger partial charge is 0.495 e. The van der Waals surface area contributed by atoms with Crippen LogP contribution in [0.15, 0.2) is 6.07 Å². The first-order valence-corrected chi connectivity index (χ1v) is 6.55. The maximum atomic E-state index is 6.33. The zero-order valence-electron chi connectivity index (χ0n) is 10.3. The Bertz CT molecular complexity index is 458. The van der Waals surface area contributed by atoms with Crippen LogP contribution in [-0.4, -0.2) is 27.0 Å². The number of nitrogens with one attached hydrogen (secondary N) is 1. The van der Waals surface area contributed by atoms with Crippen molar-refractivity contribution in [1.29, 1.82) is 0 Å². The van der Waals surface area contributed by atoms with Crippen molar-refractivity contribution < 1.29 is 14.2 Å². The standard InChI is InChI=1S/C13H16ClNO3/c1-16-12-9(8-3-2-4-15-6-8)5-10-13(11(12)14)18-7-17-10/h5,8,15H,2-4,6-7H2,1H3. The second-order valence-corrected chi connectivity index (χ2v) is 4.97. The minimum atomic E-state index is 0.227. The normalized spacial score (nSPS) is 22.0. The van der Waals surface area contributed by atoms with Crippen LogP contribution in [0.1, 0.15) is 24.3 Å². The van der Waals surface area contributed by atoms with Gasteiger partial charge in [0.25, 0.3) is 0 Å². The molecule has 1 fully saturated rings. The van der Waals surface area contributed by atoms with Crippen molar-refractivity contribution in [2.45, 2.75) is 18.8 Å². The summed E-state index contributed by atoms with van der Waals surface area (Å²) in [5, 5.41) is 3.92. The Labute approximate surface area is 111 Å². The Kier molecular flexibility index (Phi) is 3.22. The number of rotatable bonds is 2. The van der Waals surface area contributed by atoms with Crippen molar-refractivity contribution in [3.05, 3.63) is 16.7 Å². The van der Waals surface area contributed by atoms with Gasteiger partial charge >= 0.3 is 0 Å². The monoisotopic (exact) mass is 269 g/mol. The molecule has 1 N–H and O–H groups in total. The van der Waals surface area contributed by atoms with Crippen molar-refractivity contribution >= 4 is 11.6 Å².